The van der Waals surface area contributed by atoms with Crippen molar-refractivity contribution >= 4 is 11.8 Å². The van der Waals surface area contributed by atoms with Crippen LogP contribution in [0.5, 0.6) is 0 Å². The normalized spacial score (nSPS) is 13.0. The number of hydrogen-bond acceptors (Lipinski definition) is 2. The van der Waals surface area contributed by atoms with Crippen LogP contribution in [-0.2, 0) is 22.6 Å². The summed E-state index contributed by atoms with van der Waals surface area (Å²) in [6.45, 7) is 12.9. The van der Waals surface area contributed by atoms with Gasteiger partial charge in [0.2, 0.25) is 11.8 Å². The summed E-state index contributed by atoms with van der Waals surface area (Å²) in [7, 11) is 0. The molecule has 0 fully saturated rings. The van der Waals surface area contributed by atoms with E-state index in [1.807, 2.05) is 39.8 Å². The summed E-state index contributed by atoms with van der Waals surface area (Å²) in [4.78, 5) is 28.1. The van der Waals surface area contributed by atoms with Crippen molar-refractivity contribution in [1.29, 1.82) is 0 Å². The molecular formula is C28H40N2O2. The minimum absolute atomic E-state index is 0.0182. The number of nitrogens with one attached hydrogen (secondary N) is 1. The van der Waals surface area contributed by atoms with Gasteiger partial charge in [-0.15, -0.1) is 0 Å². The van der Waals surface area contributed by atoms with E-state index in [0.717, 1.165) is 17.5 Å². The van der Waals surface area contributed by atoms with E-state index in [2.05, 4.69) is 55.6 Å². The number of rotatable bonds is 11. The van der Waals surface area contributed by atoms with E-state index in [1.54, 1.807) is 4.90 Å². The summed E-state index contributed by atoms with van der Waals surface area (Å²) >= 11 is 0. The molecule has 0 bridgehead atoms. The molecule has 2 amide bonds. The average Bonchev–Trinajstić information content (AvgIpc) is 2.78. The molecule has 174 valence electrons. The van der Waals surface area contributed by atoms with Crippen LogP contribution >= 0.6 is 0 Å². The SMILES string of the molecule is CC[C@@H](C)NC(=O)[C@@H](CC)N(Cc1ccc(C)cc1)C(=O)CCc1ccc(C(C)C)cc1. The third kappa shape index (κ3) is 7.51. The van der Waals surface area contributed by atoms with E-state index >= 15 is 0 Å². The highest BCUT2D eigenvalue weighted by Gasteiger charge is 2.29. The van der Waals surface area contributed by atoms with Crippen molar-refractivity contribution in [2.24, 2.45) is 0 Å². The minimum Gasteiger partial charge on any atom is -0.352 e. The van der Waals surface area contributed by atoms with Gasteiger partial charge in [-0.2, -0.15) is 0 Å². The predicted molar refractivity (Wildman–Crippen MR) is 133 cm³/mol. The molecule has 0 saturated carbocycles. The van der Waals surface area contributed by atoms with Gasteiger partial charge in [0, 0.05) is 19.0 Å². The van der Waals surface area contributed by atoms with Crippen LogP contribution in [0.4, 0.5) is 0 Å². The number of carbonyl (C=O) groups excluding carboxylic acids is 2. The van der Waals surface area contributed by atoms with Gasteiger partial charge in [0.05, 0.1) is 0 Å². The lowest BCUT2D eigenvalue weighted by molar-refractivity contribution is -0.141. The average molecular weight is 437 g/mol. The second-order valence-corrected chi connectivity index (χ2v) is 9.15. The van der Waals surface area contributed by atoms with Gasteiger partial charge in [0.15, 0.2) is 0 Å². The second kappa shape index (κ2) is 12.4. The van der Waals surface area contributed by atoms with Crippen LogP contribution in [0.3, 0.4) is 0 Å². The smallest absolute Gasteiger partial charge is 0.243 e. The topological polar surface area (TPSA) is 49.4 Å². The molecule has 0 unspecified atom stereocenters. The Bertz CT molecular complexity index is 856. The van der Waals surface area contributed by atoms with Crippen molar-refractivity contribution < 1.29 is 9.59 Å². The van der Waals surface area contributed by atoms with Crippen molar-refractivity contribution in [2.75, 3.05) is 0 Å². The summed E-state index contributed by atoms with van der Waals surface area (Å²) in [5.41, 5.74) is 4.67. The maximum atomic E-state index is 13.4. The lowest BCUT2D eigenvalue weighted by atomic mass is 10.00. The molecule has 0 radical (unpaired) electrons. The maximum absolute atomic E-state index is 13.4. The van der Waals surface area contributed by atoms with Gasteiger partial charge in [-0.1, -0.05) is 81.8 Å². The minimum atomic E-state index is -0.471. The first-order valence-electron chi connectivity index (χ1n) is 12.0. The van der Waals surface area contributed by atoms with E-state index in [0.29, 0.717) is 31.7 Å². The van der Waals surface area contributed by atoms with Crippen molar-refractivity contribution in [3.8, 4) is 0 Å². The summed E-state index contributed by atoms with van der Waals surface area (Å²) in [6.07, 6.45) is 2.51. The van der Waals surface area contributed by atoms with Crippen LogP contribution in [0.15, 0.2) is 48.5 Å². The number of aryl methyl sites for hydroxylation is 2. The van der Waals surface area contributed by atoms with Crippen LogP contribution in [-0.4, -0.2) is 28.8 Å². The number of hydrogen-bond donors (Lipinski definition) is 1. The van der Waals surface area contributed by atoms with E-state index in [-0.39, 0.29) is 17.9 Å². The Labute approximate surface area is 194 Å². The highest BCUT2D eigenvalue weighted by atomic mass is 16.2. The van der Waals surface area contributed by atoms with Gasteiger partial charge in [0.1, 0.15) is 6.04 Å². The Morgan fingerprint density at radius 3 is 2.00 bits per heavy atom. The Hall–Kier alpha value is -2.62. The molecule has 2 aromatic rings. The van der Waals surface area contributed by atoms with Crippen molar-refractivity contribution in [3.63, 3.8) is 0 Å². The first-order chi connectivity index (χ1) is 15.2. The van der Waals surface area contributed by atoms with Gasteiger partial charge in [-0.25, -0.2) is 0 Å². The van der Waals surface area contributed by atoms with Crippen LogP contribution < -0.4 is 5.32 Å². The van der Waals surface area contributed by atoms with Crippen molar-refractivity contribution in [1.82, 2.24) is 10.2 Å². The zero-order valence-corrected chi connectivity index (χ0v) is 20.7. The van der Waals surface area contributed by atoms with Gasteiger partial charge in [-0.05, 0) is 55.7 Å². The fourth-order valence-electron chi connectivity index (χ4n) is 3.71. The molecular weight excluding hydrogens is 396 g/mol. The lowest BCUT2D eigenvalue weighted by Gasteiger charge is -2.31. The summed E-state index contributed by atoms with van der Waals surface area (Å²) in [5, 5.41) is 3.07. The molecule has 0 aliphatic heterocycles. The van der Waals surface area contributed by atoms with E-state index in [9.17, 15) is 9.59 Å². The Balaban J connectivity index is 2.18. The molecule has 0 spiro atoms. The molecule has 0 aliphatic carbocycles. The van der Waals surface area contributed by atoms with Crippen LogP contribution in [0.1, 0.15) is 82.1 Å². The zero-order chi connectivity index (χ0) is 23.7. The van der Waals surface area contributed by atoms with Gasteiger partial charge < -0.3 is 10.2 Å². The number of nitrogens with zero attached hydrogens (tertiary/aromatic N) is 1. The molecule has 2 rings (SSSR count). The van der Waals surface area contributed by atoms with Crippen LogP contribution in [0.2, 0.25) is 0 Å². The highest BCUT2D eigenvalue weighted by Crippen LogP contribution is 2.18. The Morgan fingerprint density at radius 1 is 0.875 bits per heavy atom. The Kier molecular flexibility index (Phi) is 9.96. The van der Waals surface area contributed by atoms with E-state index in [4.69, 9.17) is 0 Å². The van der Waals surface area contributed by atoms with Crippen LogP contribution in [0.25, 0.3) is 0 Å². The number of carbonyl (C=O) groups is 2. The van der Waals surface area contributed by atoms with Crippen molar-refractivity contribution in [3.05, 3.63) is 70.8 Å². The first-order valence-corrected chi connectivity index (χ1v) is 12.0. The molecule has 2 aromatic carbocycles. The number of amides is 2. The molecule has 1 N–H and O–H groups in total. The first kappa shape index (κ1) is 25.6. The van der Waals surface area contributed by atoms with Gasteiger partial charge in [0.25, 0.3) is 0 Å². The quantitative estimate of drug-likeness (QED) is 0.486. The van der Waals surface area contributed by atoms with Gasteiger partial charge in [-0.3, -0.25) is 9.59 Å². The largest absolute Gasteiger partial charge is 0.352 e. The molecule has 0 heterocycles. The number of benzene rings is 2. The maximum Gasteiger partial charge on any atom is 0.243 e. The highest BCUT2D eigenvalue weighted by molar-refractivity contribution is 5.87. The molecule has 32 heavy (non-hydrogen) atoms. The summed E-state index contributed by atoms with van der Waals surface area (Å²) in [5.74, 6) is 0.443. The molecule has 4 nitrogen and oxygen atoms in total. The summed E-state index contributed by atoms with van der Waals surface area (Å²) < 4.78 is 0. The van der Waals surface area contributed by atoms with Gasteiger partial charge >= 0.3 is 0 Å². The fraction of sp³-hybridized carbons (Fsp3) is 0.500. The molecule has 0 aliphatic rings. The van der Waals surface area contributed by atoms with E-state index < -0.39 is 6.04 Å². The van der Waals surface area contributed by atoms with Crippen LogP contribution in [0, 0.1) is 6.92 Å². The molecule has 4 heteroatoms. The fourth-order valence-corrected chi connectivity index (χ4v) is 3.71. The monoisotopic (exact) mass is 436 g/mol. The Morgan fingerprint density at radius 2 is 1.47 bits per heavy atom. The molecule has 0 aromatic heterocycles. The standard InChI is InChI=1S/C28H40N2O2/c1-7-22(6)29-28(32)26(8-2)30(19-24-11-9-21(5)10-12-24)27(31)18-15-23-13-16-25(17-14-23)20(3)4/h9-14,16-17,20,22,26H,7-8,15,18-19H2,1-6H3,(H,29,32)/t22-,26-/m1/s1. The summed E-state index contributed by atoms with van der Waals surface area (Å²) in [6, 6.07) is 16.3. The predicted octanol–water partition coefficient (Wildman–Crippen LogP) is 5.77. The third-order valence-electron chi connectivity index (χ3n) is 6.13. The molecule has 2 atom stereocenters. The van der Waals surface area contributed by atoms with Crippen molar-refractivity contribution in [2.45, 2.75) is 91.8 Å². The lowest BCUT2D eigenvalue weighted by Crippen LogP contribution is -2.50. The second-order valence-electron chi connectivity index (χ2n) is 9.15. The third-order valence-corrected chi connectivity index (χ3v) is 6.13. The van der Waals surface area contributed by atoms with E-state index in [1.165, 1.54) is 11.1 Å². The molecule has 0 saturated heterocycles. The zero-order valence-electron chi connectivity index (χ0n) is 20.7.